The summed E-state index contributed by atoms with van der Waals surface area (Å²) in [5, 5.41) is 12.0. The van der Waals surface area contributed by atoms with Crippen LogP contribution in [0, 0.1) is 5.92 Å². The van der Waals surface area contributed by atoms with Crippen LogP contribution in [0.4, 0.5) is 0 Å². The van der Waals surface area contributed by atoms with Gasteiger partial charge in [0.05, 0.1) is 6.61 Å². The summed E-state index contributed by atoms with van der Waals surface area (Å²) in [6, 6.07) is -0.00652. The number of aliphatic hydroxyl groups is 1. The molecule has 0 aromatic heterocycles. The zero-order valence-electron chi connectivity index (χ0n) is 9.98. The van der Waals surface area contributed by atoms with Crippen molar-refractivity contribution >= 4 is 17.7 Å². The van der Waals surface area contributed by atoms with Crippen molar-refractivity contribution < 1.29 is 9.90 Å². The standard InChI is InChI=1S/C11H22N2O2S/c1-7(10(6-14)16-2)13-11(15)5-9(12)8-3-4-8/h7-10,14H,3-6,12H2,1-2H3,(H,13,15). The van der Waals surface area contributed by atoms with Gasteiger partial charge in [0.2, 0.25) is 5.91 Å². The van der Waals surface area contributed by atoms with E-state index in [0.29, 0.717) is 12.3 Å². The van der Waals surface area contributed by atoms with Gasteiger partial charge in [-0.3, -0.25) is 4.79 Å². The Labute approximate surface area is 101 Å². The summed E-state index contributed by atoms with van der Waals surface area (Å²) < 4.78 is 0. The normalized spacial score (nSPS) is 21.2. The number of amides is 1. The van der Waals surface area contributed by atoms with E-state index in [9.17, 15) is 4.79 Å². The summed E-state index contributed by atoms with van der Waals surface area (Å²) in [6.07, 6.45) is 4.66. The van der Waals surface area contributed by atoms with Crippen LogP contribution in [0.15, 0.2) is 0 Å². The molecule has 0 aliphatic heterocycles. The molecule has 5 heteroatoms. The fraction of sp³-hybridized carbons (Fsp3) is 0.909. The second kappa shape index (κ2) is 6.47. The van der Waals surface area contributed by atoms with E-state index < -0.39 is 0 Å². The molecule has 1 aliphatic rings. The SMILES string of the molecule is CSC(CO)C(C)NC(=O)CC(N)C1CC1. The number of carbonyl (C=O) groups excluding carboxylic acids is 1. The third-order valence-electron chi connectivity index (χ3n) is 3.08. The zero-order chi connectivity index (χ0) is 12.1. The fourth-order valence-corrected chi connectivity index (χ4v) is 2.37. The number of hydrogen-bond donors (Lipinski definition) is 3. The third-order valence-corrected chi connectivity index (χ3v) is 4.24. The van der Waals surface area contributed by atoms with Crippen LogP contribution in [0.3, 0.4) is 0 Å². The maximum Gasteiger partial charge on any atom is 0.221 e. The van der Waals surface area contributed by atoms with E-state index in [-0.39, 0.29) is 29.8 Å². The van der Waals surface area contributed by atoms with E-state index in [2.05, 4.69) is 5.32 Å². The van der Waals surface area contributed by atoms with Crippen molar-refractivity contribution in [3.63, 3.8) is 0 Å². The highest BCUT2D eigenvalue weighted by atomic mass is 32.2. The lowest BCUT2D eigenvalue weighted by Crippen LogP contribution is -2.43. The van der Waals surface area contributed by atoms with Gasteiger partial charge < -0.3 is 16.2 Å². The summed E-state index contributed by atoms with van der Waals surface area (Å²) in [5.41, 5.74) is 5.88. The first-order chi connectivity index (χ1) is 7.58. The van der Waals surface area contributed by atoms with Gasteiger partial charge in [0.1, 0.15) is 0 Å². The Morgan fingerprint density at radius 2 is 2.25 bits per heavy atom. The Kier molecular flexibility index (Phi) is 5.58. The molecule has 0 heterocycles. The highest BCUT2D eigenvalue weighted by molar-refractivity contribution is 7.99. The monoisotopic (exact) mass is 246 g/mol. The maximum absolute atomic E-state index is 11.7. The predicted molar refractivity (Wildman–Crippen MR) is 67.3 cm³/mol. The molecule has 0 spiro atoms. The third kappa shape index (κ3) is 4.31. The molecule has 0 saturated heterocycles. The van der Waals surface area contributed by atoms with Gasteiger partial charge in [-0.2, -0.15) is 11.8 Å². The molecule has 3 unspecified atom stereocenters. The average molecular weight is 246 g/mol. The van der Waals surface area contributed by atoms with Gasteiger partial charge in [0.25, 0.3) is 0 Å². The molecule has 94 valence electrons. The van der Waals surface area contributed by atoms with Gasteiger partial charge in [-0.25, -0.2) is 0 Å². The van der Waals surface area contributed by atoms with E-state index in [1.807, 2.05) is 13.2 Å². The molecule has 16 heavy (non-hydrogen) atoms. The predicted octanol–water partition coefficient (Wildman–Crippen LogP) is 0.342. The Morgan fingerprint density at radius 3 is 2.69 bits per heavy atom. The molecule has 4 nitrogen and oxygen atoms in total. The number of rotatable bonds is 7. The van der Waals surface area contributed by atoms with Gasteiger partial charge in [0, 0.05) is 23.8 Å². The van der Waals surface area contributed by atoms with E-state index in [1.165, 1.54) is 0 Å². The van der Waals surface area contributed by atoms with Crippen LogP contribution in [-0.2, 0) is 4.79 Å². The molecule has 3 atom stereocenters. The second-order valence-electron chi connectivity index (χ2n) is 4.52. The van der Waals surface area contributed by atoms with Crippen molar-refractivity contribution in [2.45, 2.75) is 43.5 Å². The molecule has 0 aromatic rings. The van der Waals surface area contributed by atoms with Crippen LogP contribution >= 0.6 is 11.8 Å². The van der Waals surface area contributed by atoms with Crippen molar-refractivity contribution in [3.8, 4) is 0 Å². The van der Waals surface area contributed by atoms with E-state index in [1.54, 1.807) is 11.8 Å². The minimum absolute atomic E-state index is 0.000556. The Morgan fingerprint density at radius 1 is 1.62 bits per heavy atom. The highest BCUT2D eigenvalue weighted by Crippen LogP contribution is 2.32. The summed E-state index contributed by atoms with van der Waals surface area (Å²) in [6.45, 7) is 2.00. The van der Waals surface area contributed by atoms with Crippen LogP contribution in [0.1, 0.15) is 26.2 Å². The van der Waals surface area contributed by atoms with Crippen molar-refractivity contribution in [1.29, 1.82) is 0 Å². The van der Waals surface area contributed by atoms with Crippen molar-refractivity contribution in [1.82, 2.24) is 5.32 Å². The first kappa shape index (κ1) is 13.8. The largest absolute Gasteiger partial charge is 0.395 e. The summed E-state index contributed by atoms with van der Waals surface area (Å²) in [4.78, 5) is 11.7. The number of thioether (sulfide) groups is 1. The van der Waals surface area contributed by atoms with Crippen LogP contribution < -0.4 is 11.1 Å². The molecule has 1 saturated carbocycles. The number of hydrogen-bond acceptors (Lipinski definition) is 4. The van der Waals surface area contributed by atoms with Crippen LogP contribution in [-0.4, -0.2) is 41.2 Å². The minimum atomic E-state index is -0.0149. The fourth-order valence-electron chi connectivity index (χ4n) is 1.75. The lowest BCUT2D eigenvalue weighted by Gasteiger charge is -2.22. The van der Waals surface area contributed by atoms with Gasteiger partial charge >= 0.3 is 0 Å². The molecule has 1 amide bonds. The molecule has 4 N–H and O–H groups in total. The molecule has 0 bridgehead atoms. The molecule has 0 radical (unpaired) electrons. The molecular formula is C11H22N2O2S. The highest BCUT2D eigenvalue weighted by Gasteiger charge is 2.30. The average Bonchev–Trinajstić information content (AvgIpc) is 3.01. The van der Waals surface area contributed by atoms with E-state index in [4.69, 9.17) is 10.8 Å². The zero-order valence-corrected chi connectivity index (χ0v) is 10.8. The summed E-state index contributed by atoms with van der Waals surface area (Å²) >= 11 is 1.56. The van der Waals surface area contributed by atoms with E-state index in [0.717, 1.165) is 12.8 Å². The second-order valence-corrected chi connectivity index (χ2v) is 5.60. The van der Waals surface area contributed by atoms with Crippen molar-refractivity contribution in [2.75, 3.05) is 12.9 Å². The maximum atomic E-state index is 11.7. The van der Waals surface area contributed by atoms with Gasteiger partial charge in [-0.05, 0) is 31.9 Å². The van der Waals surface area contributed by atoms with Gasteiger partial charge in [-0.1, -0.05) is 0 Å². The topological polar surface area (TPSA) is 75.3 Å². The number of nitrogens with one attached hydrogen (secondary N) is 1. The molecule has 1 fully saturated rings. The van der Waals surface area contributed by atoms with E-state index >= 15 is 0 Å². The quantitative estimate of drug-likeness (QED) is 0.605. The Balaban J connectivity index is 2.26. The molecule has 1 aliphatic carbocycles. The number of carbonyl (C=O) groups is 1. The Hall–Kier alpha value is -0.260. The molecule has 0 aromatic carbocycles. The minimum Gasteiger partial charge on any atom is -0.395 e. The Bertz CT molecular complexity index is 230. The lowest BCUT2D eigenvalue weighted by atomic mass is 10.1. The first-order valence-corrected chi connectivity index (χ1v) is 7.05. The first-order valence-electron chi connectivity index (χ1n) is 5.77. The number of nitrogens with two attached hydrogens (primary N) is 1. The van der Waals surface area contributed by atoms with Gasteiger partial charge in [-0.15, -0.1) is 0 Å². The summed E-state index contributed by atoms with van der Waals surface area (Å²) in [5.74, 6) is 0.551. The van der Waals surface area contributed by atoms with Crippen LogP contribution in [0.5, 0.6) is 0 Å². The lowest BCUT2D eigenvalue weighted by molar-refractivity contribution is -0.122. The molecule has 1 rings (SSSR count). The van der Waals surface area contributed by atoms with Crippen LogP contribution in [0.2, 0.25) is 0 Å². The summed E-state index contributed by atoms with van der Waals surface area (Å²) in [7, 11) is 0. The smallest absolute Gasteiger partial charge is 0.221 e. The van der Waals surface area contributed by atoms with Crippen molar-refractivity contribution in [3.05, 3.63) is 0 Å². The van der Waals surface area contributed by atoms with Gasteiger partial charge in [0.15, 0.2) is 0 Å². The number of aliphatic hydroxyl groups excluding tert-OH is 1. The van der Waals surface area contributed by atoms with Crippen molar-refractivity contribution in [2.24, 2.45) is 11.7 Å². The van der Waals surface area contributed by atoms with Crippen LogP contribution in [0.25, 0.3) is 0 Å². The molecular weight excluding hydrogens is 224 g/mol.